The molecule has 9 nitrogen and oxygen atoms in total. The highest BCUT2D eigenvalue weighted by Crippen LogP contribution is 2.34. The van der Waals surface area contributed by atoms with Gasteiger partial charge in [0.15, 0.2) is 11.5 Å². The van der Waals surface area contributed by atoms with Crippen LogP contribution < -0.4 is 14.2 Å². The zero-order valence-corrected chi connectivity index (χ0v) is 22.9. The molecular formula is C26H30ClN7O2S. The van der Waals surface area contributed by atoms with Gasteiger partial charge in [-0.15, -0.1) is 0 Å². The first kappa shape index (κ1) is 25.6. The summed E-state index contributed by atoms with van der Waals surface area (Å²) in [4.78, 5) is 16.2. The molecule has 5 rings (SSSR count). The molecule has 194 valence electrons. The number of aromatic nitrogens is 5. The summed E-state index contributed by atoms with van der Waals surface area (Å²) in [5.74, 6) is 1.85. The molecule has 0 unspecified atom stereocenters. The second kappa shape index (κ2) is 11.1. The molecule has 0 bridgehead atoms. The molecule has 0 aliphatic carbocycles. The highest BCUT2D eigenvalue weighted by molar-refractivity contribution is 8.00. The maximum absolute atomic E-state index is 6.64. The first-order valence-corrected chi connectivity index (χ1v) is 13.5. The Hall–Kier alpha value is -3.08. The lowest BCUT2D eigenvalue weighted by atomic mass is 10.1. The largest absolute Gasteiger partial charge is 0.491 e. The molecule has 1 aliphatic heterocycles. The van der Waals surface area contributed by atoms with E-state index in [4.69, 9.17) is 26.1 Å². The summed E-state index contributed by atoms with van der Waals surface area (Å²) in [6.45, 7) is 7.94. The van der Waals surface area contributed by atoms with Crippen LogP contribution in [0.4, 0.5) is 5.69 Å². The summed E-state index contributed by atoms with van der Waals surface area (Å²) < 4.78 is 15.4. The Bertz CT molecular complexity index is 1390. The molecule has 0 amide bonds. The van der Waals surface area contributed by atoms with Gasteiger partial charge in [0, 0.05) is 48.6 Å². The highest BCUT2D eigenvalue weighted by Gasteiger charge is 2.22. The number of nitrogens with one attached hydrogen (secondary N) is 2. The first-order valence-electron chi connectivity index (χ1n) is 12.3. The lowest BCUT2D eigenvalue weighted by Gasteiger charge is -2.29. The zero-order chi connectivity index (χ0) is 25.9. The molecule has 1 fully saturated rings. The standard InChI is InChI=1S/C26H30ClN7O2S/c1-15(2)35-19-7-10-28-22(14-19)37-33-21-6-5-17(13-20(21)27)24-29-25-23(16(3)31-32-25)26(30-24)36-18-8-11-34(4)12-9-18/h5-7,10,13-15,18,33H,8-9,11-12H2,1-4H3,(H,29,30,31,32). The fourth-order valence-electron chi connectivity index (χ4n) is 4.14. The van der Waals surface area contributed by atoms with E-state index in [9.17, 15) is 0 Å². The van der Waals surface area contributed by atoms with Crippen LogP contribution in [0.15, 0.2) is 41.6 Å². The summed E-state index contributed by atoms with van der Waals surface area (Å²) in [6.07, 6.45) is 3.85. The Morgan fingerprint density at radius 3 is 2.73 bits per heavy atom. The third-order valence-corrected chi connectivity index (χ3v) is 7.14. The number of H-pyrrole nitrogens is 1. The van der Waals surface area contributed by atoms with Crippen molar-refractivity contribution in [1.82, 2.24) is 30.0 Å². The van der Waals surface area contributed by atoms with Crippen LogP contribution >= 0.6 is 23.5 Å². The normalized spacial score (nSPS) is 14.9. The molecule has 0 atom stereocenters. The second-order valence-corrected chi connectivity index (χ2v) is 10.6. The van der Waals surface area contributed by atoms with Gasteiger partial charge in [-0.1, -0.05) is 11.6 Å². The van der Waals surface area contributed by atoms with Crippen molar-refractivity contribution in [3.05, 3.63) is 47.2 Å². The number of halogens is 1. The number of piperidine rings is 1. The third-order valence-electron chi connectivity index (χ3n) is 6.08. The number of hydrogen-bond donors (Lipinski definition) is 2. The minimum Gasteiger partial charge on any atom is -0.491 e. The third kappa shape index (κ3) is 6.08. The van der Waals surface area contributed by atoms with Gasteiger partial charge in [0.1, 0.15) is 22.3 Å². The zero-order valence-electron chi connectivity index (χ0n) is 21.3. The average Bonchev–Trinajstić information content (AvgIpc) is 3.25. The predicted molar refractivity (Wildman–Crippen MR) is 147 cm³/mol. The summed E-state index contributed by atoms with van der Waals surface area (Å²) in [6, 6.07) is 9.41. The quantitative estimate of drug-likeness (QED) is 0.271. The number of rotatable bonds is 8. The van der Waals surface area contributed by atoms with Crippen LogP contribution in [0.1, 0.15) is 32.4 Å². The van der Waals surface area contributed by atoms with Gasteiger partial charge in [-0.05, 0) is 64.9 Å². The van der Waals surface area contributed by atoms with Gasteiger partial charge in [-0.3, -0.25) is 5.10 Å². The van der Waals surface area contributed by atoms with Crippen LogP contribution in [0.2, 0.25) is 5.02 Å². The average molecular weight is 540 g/mol. The van der Waals surface area contributed by atoms with Crippen LogP contribution in [0.5, 0.6) is 11.6 Å². The summed E-state index contributed by atoms with van der Waals surface area (Å²) in [7, 11) is 2.13. The van der Waals surface area contributed by atoms with Crippen molar-refractivity contribution >= 4 is 40.3 Å². The second-order valence-electron chi connectivity index (χ2n) is 9.42. The molecule has 4 aromatic rings. The number of hydrogen-bond acceptors (Lipinski definition) is 9. The smallest absolute Gasteiger partial charge is 0.228 e. The van der Waals surface area contributed by atoms with Gasteiger partial charge in [-0.2, -0.15) is 10.1 Å². The van der Waals surface area contributed by atoms with Gasteiger partial charge >= 0.3 is 0 Å². The lowest BCUT2D eigenvalue weighted by Crippen LogP contribution is -2.35. The fourth-order valence-corrected chi connectivity index (χ4v) is 5.11. The van der Waals surface area contributed by atoms with E-state index in [1.807, 2.05) is 51.1 Å². The van der Waals surface area contributed by atoms with Crippen molar-refractivity contribution in [2.45, 2.75) is 50.8 Å². The summed E-state index contributed by atoms with van der Waals surface area (Å²) in [5, 5.41) is 9.52. The van der Waals surface area contributed by atoms with E-state index in [-0.39, 0.29) is 12.2 Å². The van der Waals surface area contributed by atoms with E-state index in [1.54, 1.807) is 6.20 Å². The Labute approximate surface area is 225 Å². The Morgan fingerprint density at radius 1 is 1.16 bits per heavy atom. The van der Waals surface area contributed by atoms with Crippen LogP contribution in [0.3, 0.4) is 0 Å². The van der Waals surface area contributed by atoms with Crippen molar-refractivity contribution in [2.75, 3.05) is 24.9 Å². The molecular weight excluding hydrogens is 510 g/mol. The van der Waals surface area contributed by atoms with Gasteiger partial charge in [0.05, 0.1) is 16.8 Å². The molecule has 37 heavy (non-hydrogen) atoms. The van der Waals surface area contributed by atoms with Crippen molar-refractivity contribution in [1.29, 1.82) is 0 Å². The molecule has 1 aromatic carbocycles. The van der Waals surface area contributed by atoms with E-state index in [1.165, 1.54) is 11.9 Å². The SMILES string of the molecule is Cc1[nH]nc2nc(-c3ccc(NSc4cc(OC(C)C)ccn4)c(Cl)c3)nc(OC3CCN(C)CC3)c12. The van der Waals surface area contributed by atoms with E-state index in [2.05, 4.69) is 36.8 Å². The minimum absolute atomic E-state index is 0.0947. The number of aryl methyl sites for hydroxylation is 1. The number of aromatic amines is 1. The topological polar surface area (TPSA) is 101 Å². The van der Waals surface area contributed by atoms with E-state index in [0.29, 0.717) is 22.4 Å². The van der Waals surface area contributed by atoms with Crippen LogP contribution in [0, 0.1) is 6.92 Å². The van der Waals surface area contributed by atoms with Crippen LogP contribution in [0.25, 0.3) is 22.4 Å². The van der Waals surface area contributed by atoms with Crippen molar-refractivity contribution in [3.8, 4) is 23.0 Å². The molecule has 0 radical (unpaired) electrons. The molecule has 0 saturated carbocycles. The van der Waals surface area contributed by atoms with Crippen LogP contribution in [-0.2, 0) is 0 Å². The lowest BCUT2D eigenvalue weighted by molar-refractivity contribution is 0.111. The minimum atomic E-state index is 0.0947. The molecule has 3 aromatic heterocycles. The van der Waals surface area contributed by atoms with Gasteiger partial charge in [0.2, 0.25) is 5.88 Å². The molecule has 1 saturated heterocycles. The van der Waals surface area contributed by atoms with E-state index in [0.717, 1.165) is 59.0 Å². The van der Waals surface area contributed by atoms with Crippen LogP contribution in [-0.4, -0.2) is 62.4 Å². The molecule has 2 N–H and O–H groups in total. The highest BCUT2D eigenvalue weighted by atomic mass is 35.5. The predicted octanol–water partition coefficient (Wildman–Crippen LogP) is 5.76. The number of nitrogens with zero attached hydrogens (tertiary/aromatic N) is 5. The van der Waals surface area contributed by atoms with Gasteiger partial charge < -0.3 is 19.1 Å². The Morgan fingerprint density at radius 2 is 1.97 bits per heavy atom. The number of ether oxygens (including phenoxy) is 2. The summed E-state index contributed by atoms with van der Waals surface area (Å²) in [5.41, 5.74) is 3.00. The maximum Gasteiger partial charge on any atom is 0.228 e. The van der Waals surface area contributed by atoms with E-state index < -0.39 is 0 Å². The van der Waals surface area contributed by atoms with Crippen molar-refractivity contribution in [3.63, 3.8) is 0 Å². The Balaban J connectivity index is 1.35. The number of benzene rings is 1. The number of pyridine rings is 1. The van der Waals surface area contributed by atoms with Crippen molar-refractivity contribution < 1.29 is 9.47 Å². The summed E-state index contributed by atoms with van der Waals surface area (Å²) >= 11 is 8.01. The first-order chi connectivity index (χ1) is 17.9. The number of anilines is 1. The number of fused-ring (bicyclic) bond motifs is 1. The molecule has 11 heteroatoms. The van der Waals surface area contributed by atoms with Gasteiger partial charge in [0.25, 0.3) is 0 Å². The fraction of sp³-hybridized carbons (Fsp3) is 0.385. The maximum atomic E-state index is 6.64. The molecule has 1 aliphatic rings. The van der Waals surface area contributed by atoms with E-state index >= 15 is 0 Å². The van der Waals surface area contributed by atoms with Crippen molar-refractivity contribution in [2.24, 2.45) is 0 Å². The van der Waals surface area contributed by atoms with Gasteiger partial charge in [-0.25, -0.2) is 9.97 Å². The number of likely N-dealkylation sites (tertiary alicyclic amines) is 1. The molecule has 4 heterocycles. The Kier molecular flexibility index (Phi) is 7.68. The monoisotopic (exact) mass is 539 g/mol. The molecule has 0 spiro atoms.